The topological polar surface area (TPSA) is 38.5 Å². The number of anilines is 1. The number of rotatable bonds is 5. The Balaban J connectivity index is 1.76. The van der Waals surface area contributed by atoms with Crippen LogP contribution < -0.4 is 10.2 Å². The second-order valence-electron chi connectivity index (χ2n) is 4.74. The van der Waals surface area contributed by atoms with Crippen LogP contribution in [0.1, 0.15) is 5.69 Å². The molecule has 22 heavy (non-hydrogen) atoms. The first-order chi connectivity index (χ1) is 10.9. The van der Waals surface area contributed by atoms with E-state index in [2.05, 4.69) is 15.1 Å². The van der Waals surface area contributed by atoms with Crippen molar-refractivity contribution in [2.75, 3.05) is 12.5 Å². The largest absolute Gasteiger partial charge is 0.497 e. The molecule has 0 radical (unpaired) electrons. The molecule has 110 valence electrons. The van der Waals surface area contributed by atoms with Gasteiger partial charge in [0, 0.05) is 11.9 Å². The lowest BCUT2D eigenvalue weighted by Crippen LogP contribution is -1.99. The van der Waals surface area contributed by atoms with Gasteiger partial charge in [0.15, 0.2) is 0 Å². The van der Waals surface area contributed by atoms with E-state index in [1.54, 1.807) is 13.3 Å². The van der Waals surface area contributed by atoms with E-state index in [0.29, 0.717) is 0 Å². The Bertz CT molecular complexity index is 746. The lowest BCUT2D eigenvalue weighted by atomic mass is 10.3. The van der Waals surface area contributed by atoms with Gasteiger partial charge >= 0.3 is 0 Å². The molecule has 0 amide bonds. The lowest BCUT2D eigenvalue weighted by molar-refractivity contribution is 0.415. The average molecular weight is 291 g/mol. The molecule has 1 aromatic heterocycles. The highest BCUT2D eigenvalue weighted by Crippen LogP contribution is 2.16. The molecular weight excluding hydrogens is 274 g/mol. The molecule has 4 heteroatoms. The van der Waals surface area contributed by atoms with Crippen molar-refractivity contribution in [1.82, 2.24) is 4.57 Å². The SMILES string of the molecule is COc1ccc(-n2cccc2/C=N\Nc2ccccc2)cc1. The van der Waals surface area contributed by atoms with Crippen LogP contribution in [0.5, 0.6) is 5.75 Å². The minimum absolute atomic E-state index is 0.844. The smallest absolute Gasteiger partial charge is 0.119 e. The van der Waals surface area contributed by atoms with Crippen LogP contribution in [0.25, 0.3) is 5.69 Å². The molecule has 0 bridgehead atoms. The van der Waals surface area contributed by atoms with Crippen LogP contribution in [0.2, 0.25) is 0 Å². The maximum atomic E-state index is 5.19. The summed E-state index contributed by atoms with van der Waals surface area (Å²) in [4.78, 5) is 0. The normalized spacial score (nSPS) is 10.8. The molecular formula is C18H17N3O. The number of hydrogen-bond acceptors (Lipinski definition) is 3. The summed E-state index contributed by atoms with van der Waals surface area (Å²) in [5.74, 6) is 0.844. The van der Waals surface area contributed by atoms with E-state index in [0.717, 1.165) is 22.8 Å². The van der Waals surface area contributed by atoms with E-state index < -0.39 is 0 Å². The zero-order chi connectivity index (χ0) is 15.2. The van der Waals surface area contributed by atoms with Gasteiger partial charge in [0.1, 0.15) is 5.75 Å². The van der Waals surface area contributed by atoms with Crippen LogP contribution in [-0.4, -0.2) is 17.9 Å². The van der Waals surface area contributed by atoms with Crippen molar-refractivity contribution in [3.8, 4) is 11.4 Å². The third-order valence-corrected chi connectivity index (χ3v) is 3.30. The van der Waals surface area contributed by atoms with E-state index >= 15 is 0 Å². The molecule has 0 atom stereocenters. The third-order valence-electron chi connectivity index (χ3n) is 3.30. The Labute approximate surface area is 129 Å². The van der Waals surface area contributed by atoms with E-state index in [1.807, 2.05) is 72.9 Å². The first-order valence-corrected chi connectivity index (χ1v) is 7.03. The highest BCUT2D eigenvalue weighted by atomic mass is 16.5. The molecule has 0 spiro atoms. The van der Waals surface area contributed by atoms with Gasteiger partial charge in [-0.3, -0.25) is 5.43 Å². The highest BCUT2D eigenvalue weighted by molar-refractivity contribution is 5.79. The van der Waals surface area contributed by atoms with Gasteiger partial charge in [-0.2, -0.15) is 5.10 Å². The van der Waals surface area contributed by atoms with Crippen LogP contribution >= 0.6 is 0 Å². The molecule has 0 saturated heterocycles. The maximum absolute atomic E-state index is 5.19. The molecule has 3 rings (SSSR count). The van der Waals surface area contributed by atoms with Crippen molar-refractivity contribution in [1.29, 1.82) is 0 Å². The van der Waals surface area contributed by atoms with Gasteiger partial charge in [-0.1, -0.05) is 18.2 Å². The van der Waals surface area contributed by atoms with Crippen molar-refractivity contribution < 1.29 is 4.74 Å². The van der Waals surface area contributed by atoms with E-state index in [4.69, 9.17) is 4.74 Å². The summed E-state index contributed by atoms with van der Waals surface area (Å²) >= 11 is 0. The van der Waals surface area contributed by atoms with Crippen molar-refractivity contribution in [3.05, 3.63) is 78.6 Å². The highest BCUT2D eigenvalue weighted by Gasteiger charge is 2.01. The number of aromatic nitrogens is 1. The summed E-state index contributed by atoms with van der Waals surface area (Å²) in [6.07, 6.45) is 3.81. The summed E-state index contributed by atoms with van der Waals surface area (Å²) in [5.41, 5.74) is 6.03. The minimum Gasteiger partial charge on any atom is -0.497 e. The molecule has 0 aliphatic rings. The molecule has 3 aromatic rings. The number of nitrogens with one attached hydrogen (secondary N) is 1. The van der Waals surface area contributed by atoms with Crippen LogP contribution in [0.15, 0.2) is 78.0 Å². The maximum Gasteiger partial charge on any atom is 0.119 e. The van der Waals surface area contributed by atoms with Gasteiger partial charge in [-0.25, -0.2) is 0 Å². The molecule has 2 aromatic carbocycles. The quantitative estimate of drug-likeness (QED) is 0.571. The number of methoxy groups -OCH3 is 1. The van der Waals surface area contributed by atoms with Crippen LogP contribution in [-0.2, 0) is 0 Å². The molecule has 0 unspecified atom stereocenters. The second kappa shape index (κ2) is 6.63. The standard InChI is InChI=1S/C18H17N3O/c1-22-18-11-9-16(10-12-18)21-13-5-8-17(21)14-19-20-15-6-3-2-4-7-15/h2-14,20H,1H3/b19-14-. The minimum atomic E-state index is 0.844. The fourth-order valence-electron chi connectivity index (χ4n) is 2.16. The van der Waals surface area contributed by atoms with Crippen molar-refractivity contribution in [2.24, 2.45) is 5.10 Å². The number of hydrogen-bond donors (Lipinski definition) is 1. The Morgan fingerprint density at radius 1 is 0.955 bits per heavy atom. The lowest BCUT2D eigenvalue weighted by Gasteiger charge is -2.07. The van der Waals surface area contributed by atoms with Gasteiger partial charge in [-0.05, 0) is 48.5 Å². The molecule has 0 aliphatic heterocycles. The van der Waals surface area contributed by atoms with Gasteiger partial charge in [0.2, 0.25) is 0 Å². The first-order valence-electron chi connectivity index (χ1n) is 7.03. The molecule has 0 aliphatic carbocycles. The van der Waals surface area contributed by atoms with Crippen LogP contribution in [0.4, 0.5) is 5.69 Å². The molecule has 0 saturated carbocycles. The summed E-state index contributed by atoms with van der Waals surface area (Å²) in [5, 5.41) is 4.28. The summed E-state index contributed by atoms with van der Waals surface area (Å²) in [6.45, 7) is 0. The summed E-state index contributed by atoms with van der Waals surface area (Å²) in [6, 6.07) is 21.8. The molecule has 1 heterocycles. The Kier molecular flexibility index (Phi) is 4.20. The summed E-state index contributed by atoms with van der Waals surface area (Å²) in [7, 11) is 1.66. The van der Waals surface area contributed by atoms with E-state index in [-0.39, 0.29) is 0 Å². The predicted octanol–water partition coefficient (Wildman–Crippen LogP) is 3.93. The van der Waals surface area contributed by atoms with E-state index in [9.17, 15) is 0 Å². The number of nitrogens with zero attached hydrogens (tertiary/aromatic N) is 2. The van der Waals surface area contributed by atoms with Gasteiger partial charge in [-0.15, -0.1) is 0 Å². The number of benzene rings is 2. The third kappa shape index (κ3) is 3.17. The van der Waals surface area contributed by atoms with Crippen molar-refractivity contribution in [3.63, 3.8) is 0 Å². The molecule has 1 N–H and O–H groups in total. The molecule has 4 nitrogen and oxygen atoms in total. The van der Waals surface area contributed by atoms with Gasteiger partial charge < -0.3 is 9.30 Å². The van der Waals surface area contributed by atoms with Crippen LogP contribution in [0.3, 0.4) is 0 Å². The number of para-hydroxylation sites is 1. The number of ether oxygens (including phenoxy) is 1. The van der Waals surface area contributed by atoms with E-state index in [1.165, 1.54) is 0 Å². The Morgan fingerprint density at radius 2 is 1.73 bits per heavy atom. The van der Waals surface area contributed by atoms with Gasteiger partial charge in [0.25, 0.3) is 0 Å². The number of hydrazone groups is 1. The van der Waals surface area contributed by atoms with Crippen molar-refractivity contribution >= 4 is 11.9 Å². The Hall–Kier alpha value is -3.01. The Morgan fingerprint density at radius 3 is 2.45 bits per heavy atom. The first kappa shape index (κ1) is 13.9. The molecule has 0 fully saturated rings. The average Bonchev–Trinajstić information content (AvgIpc) is 3.04. The second-order valence-corrected chi connectivity index (χ2v) is 4.74. The van der Waals surface area contributed by atoms with Crippen molar-refractivity contribution in [2.45, 2.75) is 0 Å². The van der Waals surface area contributed by atoms with Gasteiger partial charge in [0.05, 0.1) is 24.7 Å². The monoisotopic (exact) mass is 291 g/mol. The fraction of sp³-hybridized carbons (Fsp3) is 0.0556. The zero-order valence-corrected chi connectivity index (χ0v) is 12.3. The summed E-state index contributed by atoms with van der Waals surface area (Å²) < 4.78 is 7.25. The zero-order valence-electron chi connectivity index (χ0n) is 12.3. The van der Waals surface area contributed by atoms with Crippen LogP contribution in [0, 0.1) is 0 Å². The predicted molar refractivity (Wildman–Crippen MR) is 90.0 cm³/mol. The fourth-order valence-corrected chi connectivity index (χ4v) is 2.16.